The molecular weight excluding hydrogens is 523 g/mol. The molecule has 2 heterocycles. The number of amides is 2. The van der Waals surface area contributed by atoms with Crippen molar-refractivity contribution >= 4 is 23.5 Å². The number of rotatable bonds is 10. The Morgan fingerprint density at radius 3 is 2.44 bits per heavy atom. The van der Waals surface area contributed by atoms with Crippen LogP contribution in [0.3, 0.4) is 0 Å². The summed E-state index contributed by atoms with van der Waals surface area (Å²) in [5.74, 6) is -5.68. The zero-order chi connectivity index (χ0) is 28.5. The molecule has 2 aliphatic heterocycles. The number of nitrogens with zero attached hydrogens (tertiary/aromatic N) is 2. The van der Waals surface area contributed by atoms with Crippen molar-refractivity contribution in [2.24, 2.45) is 11.8 Å². The van der Waals surface area contributed by atoms with Gasteiger partial charge in [0.25, 0.3) is 5.69 Å². The number of carboxylic acids is 1. The third kappa shape index (κ3) is 5.23. The quantitative estimate of drug-likeness (QED) is 0.199. The Morgan fingerprint density at radius 2 is 1.85 bits per heavy atom. The van der Waals surface area contributed by atoms with Gasteiger partial charge in [-0.25, -0.2) is 0 Å². The van der Waals surface area contributed by atoms with E-state index in [-0.39, 0.29) is 30.8 Å². The lowest BCUT2D eigenvalue weighted by atomic mass is 9.76. The first kappa shape index (κ1) is 28.2. The Hall–Kier alpha value is -3.84. The first-order chi connectivity index (χ1) is 18.4. The molecule has 4 atom stereocenters. The minimum Gasteiger partial charge on any atom is -0.480 e. The fourth-order valence-corrected chi connectivity index (χ4v) is 5.37. The highest BCUT2D eigenvalue weighted by atomic mass is 19.4. The molecule has 2 saturated heterocycles. The number of imide groups is 1. The van der Waals surface area contributed by atoms with E-state index in [1.807, 2.05) is 6.92 Å². The minimum atomic E-state index is -4.69. The van der Waals surface area contributed by atoms with Crippen molar-refractivity contribution in [1.29, 1.82) is 0 Å². The van der Waals surface area contributed by atoms with Crippen molar-refractivity contribution in [3.05, 3.63) is 75.3 Å². The number of aliphatic carboxylic acids is 1. The second kappa shape index (κ2) is 10.7. The molecule has 2 amide bonds. The number of non-ortho nitro benzene ring substituents is 1. The van der Waals surface area contributed by atoms with Crippen LogP contribution in [-0.2, 0) is 31.7 Å². The first-order valence-electron chi connectivity index (χ1n) is 12.2. The van der Waals surface area contributed by atoms with E-state index in [0.29, 0.717) is 18.6 Å². The predicted molar refractivity (Wildman–Crippen MR) is 129 cm³/mol. The maximum Gasteiger partial charge on any atom is 0.416 e. The van der Waals surface area contributed by atoms with E-state index in [2.05, 4.69) is 5.32 Å². The number of alkyl halides is 3. The Balaban J connectivity index is 1.78. The van der Waals surface area contributed by atoms with Crippen molar-refractivity contribution < 1.29 is 42.3 Å². The number of carboxylic acid groups (broad SMARTS) is 1. The molecular formula is C26H26F3N3O7. The van der Waals surface area contributed by atoms with Crippen LogP contribution in [0.4, 0.5) is 18.9 Å². The van der Waals surface area contributed by atoms with Crippen molar-refractivity contribution in [2.75, 3.05) is 19.8 Å². The van der Waals surface area contributed by atoms with Crippen LogP contribution >= 0.6 is 0 Å². The highest BCUT2D eigenvalue weighted by molar-refractivity contribution is 6.09. The van der Waals surface area contributed by atoms with Gasteiger partial charge < -0.3 is 9.84 Å². The topological polar surface area (TPSA) is 139 Å². The number of nitro groups is 1. The van der Waals surface area contributed by atoms with E-state index < -0.39 is 57.9 Å². The molecule has 208 valence electrons. The van der Waals surface area contributed by atoms with Crippen LogP contribution in [0.1, 0.15) is 36.1 Å². The fourth-order valence-electron chi connectivity index (χ4n) is 5.37. The summed E-state index contributed by atoms with van der Waals surface area (Å²) in [6, 6.07) is 8.02. The van der Waals surface area contributed by atoms with Crippen LogP contribution in [0, 0.1) is 22.0 Å². The molecule has 0 aromatic heterocycles. The predicted octanol–water partition coefficient (Wildman–Crippen LogP) is 3.35. The number of nitro benzene ring substituents is 1. The van der Waals surface area contributed by atoms with Gasteiger partial charge in [-0.1, -0.05) is 31.2 Å². The Kier molecular flexibility index (Phi) is 7.75. The average molecular weight is 550 g/mol. The van der Waals surface area contributed by atoms with Gasteiger partial charge in [0.15, 0.2) is 0 Å². The highest BCUT2D eigenvalue weighted by Crippen LogP contribution is 2.50. The number of fused-ring (bicyclic) bond motifs is 1. The van der Waals surface area contributed by atoms with Crippen LogP contribution in [0.25, 0.3) is 0 Å². The lowest BCUT2D eigenvalue weighted by molar-refractivity contribution is -0.384. The lowest BCUT2D eigenvalue weighted by Crippen LogP contribution is -2.57. The third-order valence-electron chi connectivity index (χ3n) is 7.14. The zero-order valence-corrected chi connectivity index (χ0v) is 20.8. The van der Waals surface area contributed by atoms with Crippen LogP contribution < -0.4 is 5.32 Å². The summed E-state index contributed by atoms with van der Waals surface area (Å²) in [7, 11) is 0. The number of hydrogen-bond acceptors (Lipinski definition) is 7. The van der Waals surface area contributed by atoms with Gasteiger partial charge in [-0.05, 0) is 29.7 Å². The molecule has 0 saturated carbocycles. The summed E-state index contributed by atoms with van der Waals surface area (Å²) in [4.78, 5) is 51.3. The molecule has 2 N–H and O–H groups in total. The second-order valence-corrected chi connectivity index (χ2v) is 9.57. The number of hydrogen-bond donors (Lipinski definition) is 2. The second-order valence-electron chi connectivity index (χ2n) is 9.57. The number of benzene rings is 2. The monoisotopic (exact) mass is 549 g/mol. The number of carbonyl (C=O) groups excluding carboxylic acids is 2. The molecule has 0 bridgehead atoms. The molecule has 2 aromatic rings. The Labute approximate surface area is 220 Å². The normalized spacial score (nSPS) is 24.7. The van der Waals surface area contributed by atoms with Gasteiger partial charge in [-0.3, -0.25) is 34.7 Å². The van der Waals surface area contributed by atoms with E-state index >= 15 is 0 Å². The number of likely N-dealkylation sites (tertiary alicyclic amines) is 1. The summed E-state index contributed by atoms with van der Waals surface area (Å²) >= 11 is 0. The largest absolute Gasteiger partial charge is 0.480 e. The first-order valence-corrected chi connectivity index (χ1v) is 12.2. The van der Waals surface area contributed by atoms with Gasteiger partial charge in [-0.2, -0.15) is 13.2 Å². The average Bonchev–Trinajstić information content (AvgIpc) is 3.36. The molecule has 10 nitrogen and oxygen atoms in total. The molecule has 2 fully saturated rings. The van der Waals surface area contributed by atoms with Gasteiger partial charge in [0.1, 0.15) is 5.54 Å². The Bertz CT molecular complexity index is 1280. The van der Waals surface area contributed by atoms with Crippen molar-refractivity contribution in [3.8, 4) is 0 Å². The number of ether oxygens (including phenoxy) is 1. The van der Waals surface area contributed by atoms with E-state index in [9.17, 15) is 42.8 Å². The SMILES string of the molecule is CCCOCCN1C(=O)C2C(c3cccc(C(F)(F)F)c3)NC(Cc3ccc([N+](=O)[O-])cc3)(C(=O)O)C2C1=O. The number of nitrogens with one attached hydrogen (secondary N) is 1. The molecule has 4 unspecified atom stereocenters. The fraction of sp³-hybridized carbons (Fsp3) is 0.423. The van der Waals surface area contributed by atoms with E-state index in [1.54, 1.807) is 0 Å². The molecule has 0 radical (unpaired) electrons. The minimum absolute atomic E-state index is 0.0110. The molecule has 2 aliphatic rings. The van der Waals surface area contributed by atoms with E-state index in [0.717, 1.165) is 23.1 Å². The van der Waals surface area contributed by atoms with Gasteiger partial charge >= 0.3 is 12.1 Å². The summed E-state index contributed by atoms with van der Waals surface area (Å²) in [6.45, 7) is 2.15. The zero-order valence-electron chi connectivity index (χ0n) is 20.8. The van der Waals surface area contributed by atoms with Gasteiger partial charge in [0, 0.05) is 31.2 Å². The van der Waals surface area contributed by atoms with Crippen molar-refractivity contribution in [1.82, 2.24) is 10.2 Å². The van der Waals surface area contributed by atoms with Gasteiger partial charge in [-0.15, -0.1) is 0 Å². The van der Waals surface area contributed by atoms with Crippen LogP contribution in [0.2, 0.25) is 0 Å². The summed E-state index contributed by atoms with van der Waals surface area (Å²) in [6.07, 6.45) is -4.34. The smallest absolute Gasteiger partial charge is 0.416 e. The highest BCUT2D eigenvalue weighted by Gasteiger charge is 2.68. The third-order valence-corrected chi connectivity index (χ3v) is 7.14. The Morgan fingerprint density at radius 1 is 1.15 bits per heavy atom. The number of carbonyl (C=O) groups is 3. The molecule has 4 rings (SSSR count). The molecule has 13 heteroatoms. The van der Waals surface area contributed by atoms with Crippen molar-refractivity contribution in [2.45, 2.75) is 37.5 Å². The summed E-state index contributed by atoms with van der Waals surface area (Å²) < 4.78 is 45.8. The standard InChI is InChI=1S/C26H26F3N3O7/c1-2-11-39-12-10-31-22(33)19-20(23(31)34)25(24(35)36,14-15-6-8-18(9-7-15)32(37)38)30-21(19)16-4-3-5-17(13-16)26(27,28)29/h3-9,13,19-21,30H,2,10-12,14H2,1H3,(H,35,36). The van der Waals surface area contributed by atoms with E-state index in [1.165, 1.54) is 30.3 Å². The van der Waals surface area contributed by atoms with Crippen molar-refractivity contribution in [3.63, 3.8) is 0 Å². The maximum absolute atomic E-state index is 13.6. The molecule has 0 aliphatic carbocycles. The van der Waals surface area contributed by atoms with Gasteiger partial charge in [0.05, 0.1) is 35.5 Å². The molecule has 0 spiro atoms. The molecule has 2 aromatic carbocycles. The van der Waals surface area contributed by atoms with Gasteiger partial charge in [0.2, 0.25) is 11.8 Å². The summed E-state index contributed by atoms with van der Waals surface area (Å²) in [5.41, 5.74) is -2.96. The number of halogens is 3. The summed E-state index contributed by atoms with van der Waals surface area (Å²) in [5, 5.41) is 24.3. The molecule has 39 heavy (non-hydrogen) atoms. The maximum atomic E-state index is 13.6. The van der Waals surface area contributed by atoms with Crippen LogP contribution in [0.5, 0.6) is 0 Å². The van der Waals surface area contributed by atoms with Crippen LogP contribution in [0.15, 0.2) is 48.5 Å². The lowest BCUT2D eigenvalue weighted by Gasteiger charge is -2.31. The van der Waals surface area contributed by atoms with Crippen LogP contribution in [-0.4, -0.2) is 58.0 Å². The van der Waals surface area contributed by atoms with E-state index in [4.69, 9.17) is 4.74 Å².